The minimum atomic E-state index is -1.37. The molecule has 5 N–H and O–H groups in total. The van der Waals surface area contributed by atoms with Crippen LogP contribution < -0.4 is 11.1 Å². The fourth-order valence-corrected chi connectivity index (χ4v) is 5.45. The topological polar surface area (TPSA) is 211 Å². The zero-order chi connectivity index (χ0) is 25.2. The average Bonchev–Trinajstić information content (AvgIpc) is 3.20. The normalized spacial score (nSPS) is 20.7. The number of esters is 1. The number of nitrogens with zero attached hydrogens (tertiary/aromatic N) is 3. The maximum atomic E-state index is 12.9. The quantitative estimate of drug-likeness (QED) is 0.0868. The van der Waals surface area contributed by atoms with E-state index in [-0.39, 0.29) is 54.2 Å². The van der Waals surface area contributed by atoms with Crippen LogP contribution in [-0.4, -0.2) is 99.9 Å². The molecule has 2 amide bonds. The van der Waals surface area contributed by atoms with Crippen molar-refractivity contribution in [2.45, 2.75) is 31.4 Å². The minimum absolute atomic E-state index is 0.0716. The van der Waals surface area contributed by atoms with E-state index in [0.717, 1.165) is 4.90 Å². The first-order valence-electron chi connectivity index (χ1n) is 9.53. The molecule has 2 aliphatic heterocycles. The van der Waals surface area contributed by atoms with E-state index in [1.807, 2.05) is 0 Å². The number of carbonyl (C=O) groups excluding carboxylic acids is 3. The number of hydrogen-bond acceptors (Lipinski definition) is 11. The molecule has 3 heterocycles. The van der Waals surface area contributed by atoms with E-state index >= 15 is 0 Å². The van der Waals surface area contributed by atoms with Crippen LogP contribution in [0.5, 0.6) is 0 Å². The molecule has 1 fully saturated rings. The molecule has 14 nitrogen and oxygen atoms in total. The second-order valence-electron chi connectivity index (χ2n) is 7.00. The number of carboxylic acid groups (broad SMARTS) is 2. The Balaban J connectivity index is 1.80. The summed E-state index contributed by atoms with van der Waals surface area (Å²) < 4.78 is 5.14. The number of nitrogen functional groups attached to an aromatic ring is 1. The number of anilines is 1. The molecule has 2 aliphatic rings. The summed E-state index contributed by atoms with van der Waals surface area (Å²) >= 11 is 0.848. The van der Waals surface area contributed by atoms with Crippen LogP contribution in [0.2, 0.25) is 0 Å². The number of thioether (sulfide) groups is 1. The molecule has 1 saturated heterocycles. The number of nitrogens with one attached hydrogen (secondary N) is 1. The summed E-state index contributed by atoms with van der Waals surface area (Å²) in [6, 6.07) is -1.09. The van der Waals surface area contributed by atoms with Crippen LogP contribution in [0, 0.1) is 0 Å². The summed E-state index contributed by atoms with van der Waals surface area (Å²) in [5.74, 6) is -4.67. The molecule has 0 spiro atoms. The number of hydrogen-bond donors (Lipinski definition) is 4. The van der Waals surface area contributed by atoms with Crippen LogP contribution in [0.25, 0.3) is 0 Å². The first-order valence-corrected chi connectivity index (χ1v) is 12.4. The van der Waals surface area contributed by atoms with Crippen molar-refractivity contribution in [2.24, 2.45) is 5.16 Å². The van der Waals surface area contributed by atoms with E-state index in [4.69, 9.17) is 20.4 Å². The van der Waals surface area contributed by atoms with Crippen molar-refractivity contribution in [3.63, 3.8) is 0 Å². The summed E-state index contributed by atoms with van der Waals surface area (Å²) in [6.45, 7) is 2.12. The number of nitrogens with two attached hydrogens (primary N) is 1. The van der Waals surface area contributed by atoms with Crippen LogP contribution in [0.1, 0.15) is 19.5 Å². The predicted molar refractivity (Wildman–Crippen MR) is 117 cm³/mol. The summed E-state index contributed by atoms with van der Waals surface area (Å²) in [7, 11) is 0. The number of fused-ring (bicyclic) bond motifs is 1. The number of carbonyl (C=O) groups is 5. The van der Waals surface area contributed by atoms with Crippen LogP contribution >= 0.6 is 11.8 Å². The Morgan fingerprint density at radius 2 is 2.12 bits per heavy atom. The Labute approximate surface area is 201 Å². The number of β-lactam (4-membered cyclic amide) rings is 1. The van der Waals surface area contributed by atoms with Gasteiger partial charge in [-0.1, -0.05) is 0 Å². The molecular formula is C18H19N5O9SSe. The monoisotopic (exact) mass is 561 g/mol. The molecule has 0 radical (unpaired) electrons. The predicted octanol–water partition coefficient (Wildman–Crippen LogP) is -1.78. The van der Waals surface area contributed by atoms with Crippen LogP contribution in [-0.2, 0) is 33.5 Å². The van der Waals surface area contributed by atoms with Crippen molar-refractivity contribution >= 4 is 66.4 Å². The Kier molecular flexibility index (Phi) is 7.64. The number of rotatable bonds is 9. The first kappa shape index (κ1) is 25.3. The van der Waals surface area contributed by atoms with Gasteiger partial charge in [-0.05, 0) is 0 Å². The Bertz CT molecular complexity index is 1120. The molecule has 0 aromatic carbocycles. The summed E-state index contributed by atoms with van der Waals surface area (Å²) in [5.41, 5.74) is 5.32. The average molecular weight is 560 g/mol. The van der Waals surface area contributed by atoms with E-state index < -0.39 is 47.2 Å². The van der Waals surface area contributed by atoms with Gasteiger partial charge in [-0.15, -0.1) is 0 Å². The SMILES string of the molecule is CC(=O)OCC1=C(C(=O)O)N2C(=O)[C@@H](NC(=O)/C(=N\OC(C)C(=O)O)c3c[se]c(N)n3)[C@H]2SC1. The zero-order valence-corrected chi connectivity index (χ0v) is 20.2. The third kappa shape index (κ3) is 5.24. The van der Waals surface area contributed by atoms with Crippen molar-refractivity contribution in [2.75, 3.05) is 18.1 Å². The van der Waals surface area contributed by atoms with Gasteiger partial charge in [0.1, 0.15) is 0 Å². The number of carboxylic acids is 2. The van der Waals surface area contributed by atoms with Crippen LogP contribution in [0.4, 0.5) is 4.69 Å². The van der Waals surface area contributed by atoms with Gasteiger partial charge in [0, 0.05) is 6.92 Å². The summed E-state index contributed by atoms with van der Waals surface area (Å²) in [5, 5.41) is 23.9. The summed E-state index contributed by atoms with van der Waals surface area (Å²) in [6.07, 6.45) is -1.36. The molecule has 3 rings (SSSR count). The van der Waals surface area contributed by atoms with E-state index in [2.05, 4.69) is 15.5 Å². The third-order valence-corrected chi connectivity index (χ3v) is 7.37. The van der Waals surface area contributed by atoms with E-state index in [9.17, 15) is 29.1 Å². The molecule has 182 valence electrons. The van der Waals surface area contributed by atoms with Crippen LogP contribution in [0.15, 0.2) is 21.4 Å². The number of ether oxygens (including phenoxy) is 1. The maximum absolute atomic E-state index is 12.9. The van der Waals surface area contributed by atoms with Crippen molar-refractivity contribution in [1.29, 1.82) is 0 Å². The van der Waals surface area contributed by atoms with Gasteiger partial charge >= 0.3 is 190 Å². The van der Waals surface area contributed by atoms with Crippen LogP contribution in [0.3, 0.4) is 0 Å². The molecule has 1 unspecified atom stereocenters. The second kappa shape index (κ2) is 10.3. The van der Waals surface area contributed by atoms with Gasteiger partial charge in [0.15, 0.2) is 0 Å². The second-order valence-corrected chi connectivity index (χ2v) is 9.97. The third-order valence-electron chi connectivity index (χ3n) is 4.62. The fourth-order valence-electron chi connectivity index (χ4n) is 2.97. The number of amides is 2. The Hall–Kier alpha value is -3.36. The van der Waals surface area contributed by atoms with E-state index in [1.54, 1.807) is 4.94 Å². The number of aromatic nitrogens is 1. The standard InChI is InChI=1S/C18H19N5O9SSe/c1-6(16(27)28)32-22-10(9-5-34-18(19)20-9)13(25)21-11-14(26)23-12(17(29)30)8(3-31-7(2)24)4-33-15(11)23/h5-6,11,15H,3-4H2,1-2H3,(H2,19,20)(H,21,25)(H,27,28)(H,29,30)/b22-10-/t6?,11-,15-/m1/s1. The van der Waals surface area contributed by atoms with Crippen molar-refractivity contribution in [3.8, 4) is 0 Å². The number of oxime groups is 1. The molecule has 0 bridgehead atoms. The van der Waals surface area contributed by atoms with Gasteiger partial charge in [0.05, 0.1) is 0 Å². The fraction of sp³-hybridized carbons (Fsp3) is 0.389. The van der Waals surface area contributed by atoms with E-state index in [1.165, 1.54) is 25.6 Å². The van der Waals surface area contributed by atoms with E-state index in [0.29, 0.717) is 0 Å². The molecule has 1 aromatic heterocycles. The van der Waals surface area contributed by atoms with Crippen molar-refractivity contribution in [1.82, 2.24) is 15.2 Å². The van der Waals surface area contributed by atoms with Crippen molar-refractivity contribution < 1.29 is 43.8 Å². The molecule has 0 saturated carbocycles. The molecular weight excluding hydrogens is 541 g/mol. The summed E-state index contributed by atoms with van der Waals surface area (Å²) in [4.78, 5) is 71.0. The molecule has 3 atom stereocenters. The molecule has 34 heavy (non-hydrogen) atoms. The van der Waals surface area contributed by atoms with Gasteiger partial charge < -0.3 is 0 Å². The van der Waals surface area contributed by atoms with Gasteiger partial charge in [0.2, 0.25) is 0 Å². The Morgan fingerprint density at radius 1 is 1.41 bits per heavy atom. The van der Waals surface area contributed by atoms with Crippen molar-refractivity contribution in [3.05, 3.63) is 21.9 Å². The molecule has 1 aromatic rings. The van der Waals surface area contributed by atoms with Gasteiger partial charge in [-0.3, -0.25) is 4.79 Å². The number of aliphatic carboxylic acids is 2. The van der Waals surface area contributed by atoms with Gasteiger partial charge in [-0.2, -0.15) is 0 Å². The van der Waals surface area contributed by atoms with Gasteiger partial charge in [0.25, 0.3) is 0 Å². The molecule has 0 aliphatic carbocycles. The Morgan fingerprint density at radius 3 is 2.68 bits per heavy atom. The molecule has 16 heteroatoms. The zero-order valence-electron chi connectivity index (χ0n) is 17.7. The van der Waals surface area contributed by atoms with Gasteiger partial charge in [-0.25, -0.2) is 0 Å². The first-order chi connectivity index (χ1) is 16.0.